The lowest BCUT2D eigenvalue weighted by molar-refractivity contribution is -0.137. The van der Waals surface area contributed by atoms with E-state index in [2.05, 4.69) is 15.9 Å². The maximum Gasteiger partial charge on any atom is 0.418 e. The van der Waals surface area contributed by atoms with Gasteiger partial charge < -0.3 is 4.90 Å². The smallest absolute Gasteiger partial charge is 0.368 e. The highest BCUT2D eigenvalue weighted by atomic mass is 79.9. The van der Waals surface area contributed by atoms with Gasteiger partial charge in [0.1, 0.15) is 4.21 Å². The van der Waals surface area contributed by atoms with E-state index in [-0.39, 0.29) is 35.1 Å². The Morgan fingerprint density at radius 1 is 1.25 bits per heavy atom. The molecule has 1 aromatic carbocycles. The Hall–Kier alpha value is -1.61. The van der Waals surface area contributed by atoms with Gasteiger partial charge in [0.05, 0.1) is 21.0 Å². The van der Waals surface area contributed by atoms with Crippen LogP contribution < -0.4 is 4.90 Å². The number of hydrogen-bond donors (Lipinski definition) is 0. The number of rotatable bonds is 3. The number of nitrogens with zero attached hydrogens (tertiary/aromatic N) is 3. The minimum Gasteiger partial charge on any atom is -0.368 e. The molecule has 0 N–H and O–H groups in total. The molecule has 28 heavy (non-hydrogen) atoms. The van der Waals surface area contributed by atoms with Crippen molar-refractivity contribution in [2.75, 3.05) is 24.5 Å². The molecule has 1 aliphatic rings. The zero-order chi connectivity index (χ0) is 20.7. The third-order valence-electron chi connectivity index (χ3n) is 4.45. The van der Waals surface area contributed by atoms with Crippen molar-refractivity contribution in [2.45, 2.75) is 23.4 Å². The summed E-state index contributed by atoms with van der Waals surface area (Å²) in [5, 5.41) is 8.90. The maximum absolute atomic E-state index is 13.5. The first-order valence-electron chi connectivity index (χ1n) is 8.17. The molecule has 0 amide bonds. The van der Waals surface area contributed by atoms with Gasteiger partial charge in [-0.2, -0.15) is 22.7 Å². The topological polar surface area (TPSA) is 64.4 Å². The standard InChI is InChI=1S/C17H15BrF3N3O2S2/c1-11-10-23(14-3-2-12(9-22)8-13(14)17(19,20)21)6-7-24(11)28(25,26)16-5-4-15(18)27-16/h2-5,8,11H,6-7,10H2,1H3. The van der Waals surface area contributed by atoms with Crippen LogP contribution in [-0.4, -0.2) is 38.4 Å². The fourth-order valence-corrected chi connectivity index (χ4v) is 6.93. The molecule has 1 aliphatic heterocycles. The van der Waals surface area contributed by atoms with Crippen molar-refractivity contribution in [1.82, 2.24) is 4.31 Å². The third-order valence-corrected chi connectivity index (χ3v) is 8.55. The highest BCUT2D eigenvalue weighted by Crippen LogP contribution is 2.38. The van der Waals surface area contributed by atoms with E-state index in [0.29, 0.717) is 3.79 Å². The van der Waals surface area contributed by atoms with Crippen LogP contribution in [0.1, 0.15) is 18.1 Å². The molecule has 1 atom stereocenters. The normalized spacial score (nSPS) is 18.9. The van der Waals surface area contributed by atoms with Gasteiger partial charge in [0, 0.05) is 31.4 Å². The molecule has 0 spiro atoms. The van der Waals surface area contributed by atoms with E-state index in [1.54, 1.807) is 19.1 Å². The SMILES string of the molecule is CC1CN(c2ccc(C#N)cc2C(F)(F)F)CCN1S(=O)(=O)c1ccc(Br)s1. The van der Waals surface area contributed by atoms with Crippen molar-refractivity contribution in [3.8, 4) is 6.07 Å². The number of benzene rings is 1. The second kappa shape index (κ2) is 7.67. The number of nitriles is 1. The third kappa shape index (κ3) is 4.05. The van der Waals surface area contributed by atoms with Crippen LogP contribution in [0, 0.1) is 11.3 Å². The van der Waals surface area contributed by atoms with Crippen molar-refractivity contribution in [1.29, 1.82) is 5.26 Å². The molecule has 0 aliphatic carbocycles. The minimum absolute atomic E-state index is 0.0470. The van der Waals surface area contributed by atoms with Gasteiger partial charge in [0.2, 0.25) is 0 Å². The van der Waals surface area contributed by atoms with Crippen molar-refractivity contribution < 1.29 is 21.6 Å². The lowest BCUT2D eigenvalue weighted by atomic mass is 10.1. The molecule has 5 nitrogen and oxygen atoms in total. The van der Waals surface area contributed by atoms with E-state index < -0.39 is 27.8 Å². The van der Waals surface area contributed by atoms with Crippen LogP contribution in [0.5, 0.6) is 0 Å². The lowest BCUT2D eigenvalue weighted by Gasteiger charge is -2.40. The molecule has 2 heterocycles. The number of piperazine rings is 1. The lowest BCUT2D eigenvalue weighted by Crippen LogP contribution is -2.54. The van der Waals surface area contributed by atoms with Gasteiger partial charge in [0.15, 0.2) is 0 Å². The molecule has 1 saturated heterocycles. The summed E-state index contributed by atoms with van der Waals surface area (Å²) in [5.41, 5.74) is -1.01. The van der Waals surface area contributed by atoms with E-state index in [4.69, 9.17) is 5.26 Å². The van der Waals surface area contributed by atoms with Crippen molar-refractivity contribution in [3.63, 3.8) is 0 Å². The summed E-state index contributed by atoms with van der Waals surface area (Å²) in [6.07, 6.45) is -4.61. The van der Waals surface area contributed by atoms with E-state index >= 15 is 0 Å². The summed E-state index contributed by atoms with van der Waals surface area (Å²) in [6.45, 7) is 1.96. The largest absolute Gasteiger partial charge is 0.418 e. The first-order chi connectivity index (χ1) is 13.0. The average molecular weight is 494 g/mol. The van der Waals surface area contributed by atoms with Gasteiger partial charge in [-0.05, 0) is 53.2 Å². The summed E-state index contributed by atoms with van der Waals surface area (Å²) in [5.74, 6) is 0. The van der Waals surface area contributed by atoms with Crippen molar-refractivity contribution in [2.24, 2.45) is 0 Å². The fourth-order valence-electron chi connectivity index (χ4n) is 3.18. The first-order valence-corrected chi connectivity index (χ1v) is 11.2. The monoisotopic (exact) mass is 493 g/mol. The fraction of sp³-hybridized carbons (Fsp3) is 0.353. The number of thiophene rings is 1. The van der Waals surface area contributed by atoms with Gasteiger partial charge in [-0.25, -0.2) is 8.42 Å². The maximum atomic E-state index is 13.5. The molecule has 1 fully saturated rings. The molecular weight excluding hydrogens is 479 g/mol. The Kier molecular flexibility index (Phi) is 5.78. The number of hydrogen-bond acceptors (Lipinski definition) is 5. The number of sulfonamides is 1. The average Bonchev–Trinajstić information content (AvgIpc) is 3.07. The molecule has 150 valence electrons. The van der Waals surface area contributed by atoms with Gasteiger partial charge in [-0.1, -0.05) is 0 Å². The predicted molar refractivity (Wildman–Crippen MR) is 104 cm³/mol. The van der Waals surface area contributed by atoms with E-state index in [1.165, 1.54) is 27.4 Å². The molecule has 3 rings (SSSR count). The van der Waals surface area contributed by atoms with E-state index in [1.807, 2.05) is 0 Å². The zero-order valence-corrected chi connectivity index (χ0v) is 17.8. The molecule has 1 aromatic heterocycles. The van der Waals surface area contributed by atoms with Crippen molar-refractivity contribution in [3.05, 3.63) is 45.2 Å². The molecule has 0 radical (unpaired) electrons. The van der Waals surface area contributed by atoms with Gasteiger partial charge in [0.25, 0.3) is 10.0 Å². The number of anilines is 1. The van der Waals surface area contributed by atoms with Crippen LogP contribution in [0.15, 0.2) is 38.3 Å². The number of halogens is 4. The van der Waals surface area contributed by atoms with Crippen LogP contribution in [-0.2, 0) is 16.2 Å². The van der Waals surface area contributed by atoms with Crippen LogP contribution >= 0.6 is 27.3 Å². The summed E-state index contributed by atoms with van der Waals surface area (Å²) in [7, 11) is -3.72. The zero-order valence-electron chi connectivity index (χ0n) is 14.6. The molecule has 1 unspecified atom stereocenters. The molecule has 2 aromatic rings. The van der Waals surface area contributed by atoms with Crippen LogP contribution in [0.4, 0.5) is 18.9 Å². The summed E-state index contributed by atoms with van der Waals surface area (Å²) >= 11 is 4.33. The van der Waals surface area contributed by atoms with Crippen molar-refractivity contribution >= 4 is 43.0 Å². The predicted octanol–water partition coefficient (Wildman–Crippen LogP) is 4.30. The van der Waals surface area contributed by atoms with Gasteiger partial charge in [-0.3, -0.25) is 0 Å². The van der Waals surface area contributed by atoms with E-state index in [9.17, 15) is 21.6 Å². The Morgan fingerprint density at radius 3 is 2.50 bits per heavy atom. The summed E-state index contributed by atoms with van der Waals surface area (Å²) in [4.78, 5) is 1.52. The summed E-state index contributed by atoms with van der Waals surface area (Å²) < 4.78 is 68.3. The minimum atomic E-state index is -4.61. The number of alkyl halides is 3. The van der Waals surface area contributed by atoms with Crippen LogP contribution in [0.2, 0.25) is 0 Å². The van der Waals surface area contributed by atoms with Gasteiger partial charge in [-0.15, -0.1) is 11.3 Å². The van der Waals surface area contributed by atoms with E-state index in [0.717, 1.165) is 17.4 Å². The quantitative estimate of drug-likeness (QED) is 0.639. The second-order valence-electron chi connectivity index (χ2n) is 6.31. The molecule has 0 saturated carbocycles. The molecule has 0 bridgehead atoms. The van der Waals surface area contributed by atoms with Crippen LogP contribution in [0.25, 0.3) is 0 Å². The van der Waals surface area contributed by atoms with Crippen LogP contribution in [0.3, 0.4) is 0 Å². The molecular formula is C17H15BrF3N3O2S2. The second-order valence-corrected chi connectivity index (χ2v) is 10.9. The Balaban J connectivity index is 1.88. The van der Waals surface area contributed by atoms with Gasteiger partial charge >= 0.3 is 6.18 Å². The first kappa shape index (κ1) is 21.1. The highest BCUT2D eigenvalue weighted by Gasteiger charge is 2.39. The Labute approximate surface area is 173 Å². The molecule has 11 heteroatoms. The Bertz CT molecular complexity index is 1030. The summed E-state index contributed by atoms with van der Waals surface area (Å²) in [6, 6.07) is 7.78. The Morgan fingerprint density at radius 2 is 1.96 bits per heavy atom. The highest BCUT2D eigenvalue weighted by molar-refractivity contribution is 9.11.